The van der Waals surface area contributed by atoms with E-state index in [2.05, 4.69) is 58.6 Å². The fourth-order valence-corrected chi connectivity index (χ4v) is 2.76. The van der Waals surface area contributed by atoms with Crippen LogP contribution in [0.25, 0.3) is 0 Å². The summed E-state index contributed by atoms with van der Waals surface area (Å²) in [4.78, 5) is 6.90. The summed E-state index contributed by atoms with van der Waals surface area (Å²) in [6.07, 6.45) is 4.02. The van der Waals surface area contributed by atoms with Crippen molar-refractivity contribution in [1.82, 2.24) is 19.7 Å². The summed E-state index contributed by atoms with van der Waals surface area (Å²) in [7, 11) is 0. The van der Waals surface area contributed by atoms with Crippen molar-refractivity contribution in [2.45, 2.75) is 59.2 Å². The van der Waals surface area contributed by atoms with E-state index in [1.54, 1.807) is 6.33 Å². The molecule has 0 aliphatic rings. The largest absolute Gasteiger partial charge is 0.292 e. The summed E-state index contributed by atoms with van der Waals surface area (Å²) in [6, 6.07) is 0.995. The Kier molecular flexibility index (Phi) is 6.86. The van der Waals surface area contributed by atoms with E-state index in [-0.39, 0.29) is 0 Å². The molecule has 0 radical (unpaired) electrons. The van der Waals surface area contributed by atoms with Crippen molar-refractivity contribution in [2.75, 3.05) is 11.9 Å². The van der Waals surface area contributed by atoms with Crippen molar-refractivity contribution in [2.24, 2.45) is 0 Å². The van der Waals surface area contributed by atoms with Gasteiger partial charge in [-0.2, -0.15) is 5.10 Å². The molecule has 18 heavy (non-hydrogen) atoms. The van der Waals surface area contributed by atoms with Gasteiger partial charge in [0.15, 0.2) is 0 Å². The van der Waals surface area contributed by atoms with Crippen molar-refractivity contribution in [3.8, 4) is 0 Å². The third-order valence-corrected chi connectivity index (χ3v) is 3.67. The second-order valence-corrected chi connectivity index (χ2v) is 5.64. The maximum Gasteiger partial charge on any atom is 0.141 e. The summed E-state index contributed by atoms with van der Waals surface area (Å²) in [6.45, 7) is 10.7. The molecule has 0 saturated heterocycles. The lowest BCUT2D eigenvalue weighted by Gasteiger charge is -2.29. The maximum atomic E-state index is 4.41. The minimum atomic E-state index is 0.370. The molecular weight excluding hydrogens is 292 g/mol. The molecule has 1 aromatic heterocycles. The van der Waals surface area contributed by atoms with E-state index in [4.69, 9.17) is 0 Å². The zero-order valence-corrected chi connectivity index (χ0v) is 13.5. The minimum absolute atomic E-state index is 0.370. The Balaban J connectivity index is 2.79. The van der Waals surface area contributed by atoms with Crippen LogP contribution in [0.3, 0.4) is 0 Å². The first-order chi connectivity index (χ1) is 8.63. The van der Waals surface area contributed by atoms with E-state index in [0.29, 0.717) is 12.1 Å². The molecule has 0 atom stereocenters. The highest BCUT2D eigenvalue weighted by Crippen LogP contribution is 2.14. The molecule has 0 aliphatic carbocycles. The maximum absolute atomic E-state index is 4.41. The second kappa shape index (κ2) is 7.89. The normalized spacial score (nSPS) is 12.0. The topological polar surface area (TPSA) is 34.0 Å². The molecular formula is C13H25BrN4. The standard InChI is InChI=1S/C13H25BrN4/c1-5-12(6-2)17(8-7-14)9-13-15-10-16-18(13)11(3)4/h10-12H,5-9H2,1-4H3. The molecule has 5 heteroatoms. The fraction of sp³-hybridized carbons (Fsp3) is 0.846. The Labute approximate surface area is 119 Å². The van der Waals surface area contributed by atoms with E-state index >= 15 is 0 Å². The van der Waals surface area contributed by atoms with Gasteiger partial charge in [-0.3, -0.25) is 4.90 Å². The molecule has 0 spiro atoms. The van der Waals surface area contributed by atoms with Crippen molar-refractivity contribution < 1.29 is 0 Å². The van der Waals surface area contributed by atoms with Gasteiger partial charge in [-0.25, -0.2) is 9.67 Å². The lowest BCUT2D eigenvalue weighted by Crippen LogP contribution is -2.36. The summed E-state index contributed by atoms with van der Waals surface area (Å²) in [5.41, 5.74) is 0. The van der Waals surface area contributed by atoms with E-state index in [9.17, 15) is 0 Å². The lowest BCUT2D eigenvalue weighted by molar-refractivity contribution is 0.180. The number of aromatic nitrogens is 3. The molecule has 104 valence electrons. The first-order valence-corrected chi connectivity index (χ1v) is 7.94. The molecule has 0 amide bonds. The summed E-state index contributed by atoms with van der Waals surface area (Å²) in [5.74, 6) is 1.07. The molecule has 0 fully saturated rings. The van der Waals surface area contributed by atoms with Crippen molar-refractivity contribution in [1.29, 1.82) is 0 Å². The van der Waals surface area contributed by atoms with Crippen LogP contribution in [0, 0.1) is 0 Å². The van der Waals surface area contributed by atoms with Gasteiger partial charge in [0.2, 0.25) is 0 Å². The summed E-state index contributed by atoms with van der Waals surface area (Å²) < 4.78 is 2.02. The monoisotopic (exact) mass is 316 g/mol. The van der Waals surface area contributed by atoms with E-state index in [1.807, 2.05) is 4.68 Å². The van der Waals surface area contributed by atoms with Crippen LogP contribution in [-0.4, -0.2) is 37.6 Å². The predicted octanol–water partition coefficient (Wildman–Crippen LogP) is 3.24. The molecule has 0 unspecified atom stereocenters. The highest BCUT2D eigenvalue weighted by molar-refractivity contribution is 9.09. The number of hydrogen-bond donors (Lipinski definition) is 0. The minimum Gasteiger partial charge on any atom is -0.292 e. The number of alkyl halides is 1. The Hall–Kier alpha value is -0.420. The van der Waals surface area contributed by atoms with Gasteiger partial charge in [-0.15, -0.1) is 0 Å². The van der Waals surface area contributed by atoms with Crippen LogP contribution in [0.1, 0.15) is 52.4 Å². The Morgan fingerprint density at radius 2 is 2.00 bits per heavy atom. The van der Waals surface area contributed by atoms with E-state index in [1.165, 1.54) is 12.8 Å². The Morgan fingerprint density at radius 1 is 1.33 bits per heavy atom. The van der Waals surface area contributed by atoms with Gasteiger partial charge in [0.05, 0.1) is 6.54 Å². The van der Waals surface area contributed by atoms with Crippen LogP contribution in [0.5, 0.6) is 0 Å². The zero-order chi connectivity index (χ0) is 13.5. The molecule has 0 N–H and O–H groups in total. The number of halogens is 1. The average molecular weight is 317 g/mol. The van der Waals surface area contributed by atoms with Gasteiger partial charge >= 0.3 is 0 Å². The van der Waals surface area contributed by atoms with Gasteiger partial charge < -0.3 is 0 Å². The summed E-state index contributed by atoms with van der Waals surface area (Å²) in [5, 5.41) is 5.31. The van der Waals surface area contributed by atoms with Gasteiger partial charge in [0, 0.05) is 24.0 Å². The smallest absolute Gasteiger partial charge is 0.141 e. The third-order valence-electron chi connectivity index (χ3n) is 3.31. The molecule has 0 aromatic carbocycles. The van der Waals surface area contributed by atoms with Gasteiger partial charge in [-0.1, -0.05) is 29.8 Å². The zero-order valence-electron chi connectivity index (χ0n) is 11.9. The highest BCUT2D eigenvalue weighted by atomic mass is 79.9. The predicted molar refractivity (Wildman–Crippen MR) is 79.0 cm³/mol. The van der Waals surface area contributed by atoms with Gasteiger partial charge in [0.1, 0.15) is 12.2 Å². The average Bonchev–Trinajstić information content (AvgIpc) is 2.79. The van der Waals surface area contributed by atoms with E-state index in [0.717, 1.165) is 24.2 Å². The molecule has 0 saturated carbocycles. The van der Waals surface area contributed by atoms with Crippen LogP contribution in [0.15, 0.2) is 6.33 Å². The van der Waals surface area contributed by atoms with Crippen LogP contribution < -0.4 is 0 Å². The first kappa shape index (κ1) is 15.6. The molecule has 0 aliphatic heterocycles. The van der Waals surface area contributed by atoms with Gasteiger partial charge in [-0.05, 0) is 26.7 Å². The summed E-state index contributed by atoms with van der Waals surface area (Å²) >= 11 is 3.54. The molecule has 0 bridgehead atoms. The number of rotatable bonds is 8. The SMILES string of the molecule is CCC(CC)N(CCBr)Cc1ncnn1C(C)C. The third kappa shape index (κ3) is 4.05. The van der Waals surface area contributed by atoms with E-state index < -0.39 is 0 Å². The number of nitrogens with zero attached hydrogens (tertiary/aromatic N) is 4. The van der Waals surface area contributed by atoms with Gasteiger partial charge in [0.25, 0.3) is 0 Å². The van der Waals surface area contributed by atoms with Crippen LogP contribution >= 0.6 is 15.9 Å². The molecule has 1 heterocycles. The fourth-order valence-electron chi connectivity index (χ4n) is 2.30. The van der Waals surface area contributed by atoms with Crippen LogP contribution in [0.4, 0.5) is 0 Å². The second-order valence-electron chi connectivity index (χ2n) is 4.84. The number of hydrogen-bond acceptors (Lipinski definition) is 3. The Bertz CT molecular complexity index is 333. The van der Waals surface area contributed by atoms with Crippen LogP contribution in [-0.2, 0) is 6.54 Å². The van der Waals surface area contributed by atoms with Crippen molar-refractivity contribution in [3.05, 3.63) is 12.2 Å². The highest BCUT2D eigenvalue weighted by Gasteiger charge is 2.18. The Morgan fingerprint density at radius 3 is 2.50 bits per heavy atom. The molecule has 1 rings (SSSR count). The van der Waals surface area contributed by atoms with Crippen molar-refractivity contribution >= 4 is 15.9 Å². The van der Waals surface area contributed by atoms with Crippen LogP contribution in [0.2, 0.25) is 0 Å². The quantitative estimate of drug-likeness (QED) is 0.690. The molecule has 1 aromatic rings. The molecule has 4 nitrogen and oxygen atoms in total. The first-order valence-electron chi connectivity index (χ1n) is 6.82. The lowest BCUT2D eigenvalue weighted by atomic mass is 10.1. The van der Waals surface area contributed by atoms with Crippen molar-refractivity contribution in [3.63, 3.8) is 0 Å².